The summed E-state index contributed by atoms with van der Waals surface area (Å²) in [4.78, 5) is 0. The SMILES string of the molecule is COc1ccccc1-c1cnn(CC#N)c1. The van der Waals surface area contributed by atoms with Crippen LogP contribution in [0.25, 0.3) is 11.1 Å². The van der Waals surface area contributed by atoms with Crippen LogP contribution in [0.3, 0.4) is 0 Å². The van der Waals surface area contributed by atoms with Gasteiger partial charge in [0, 0.05) is 17.3 Å². The molecule has 0 amide bonds. The number of hydrogen-bond acceptors (Lipinski definition) is 3. The smallest absolute Gasteiger partial charge is 0.128 e. The van der Waals surface area contributed by atoms with Crippen LogP contribution in [0.1, 0.15) is 0 Å². The molecule has 0 aliphatic rings. The fourth-order valence-electron chi connectivity index (χ4n) is 1.54. The van der Waals surface area contributed by atoms with Crippen molar-refractivity contribution in [2.45, 2.75) is 6.54 Å². The molecule has 0 aliphatic carbocycles. The first-order valence-corrected chi connectivity index (χ1v) is 4.88. The molecule has 0 spiro atoms. The molecule has 4 nitrogen and oxygen atoms in total. The van der Waals surface area contributed by atoms with E-state index in [-0.39, 0.29) is 6.54 Å². The molecule has 2 rings (SSSR count). The first kappa shape index (κ1) is 10.2. The summed E-state index contributed by atoms with van der Waals surface area (Å²) in [5, 5.41) is 12.7. The fourth-order valence-corrected chi connectivity index (χ4v) is 1.54. The number of nitrogens with zero attached hydrogens (tertiary/aromatic N) is 3. The maximum Gasteiger partial charge on any atom is 0.128 e. The molecule has 0 aliphatic heterocycles. The quantitative estimate of drug-likeness (QED) is 0.784. The lowest BCUT2D eigenvalue weighted by molar-refractivity contribution is 0.416. The normalized spacial score (nSPS) is 9.75. The van der Waals surface area contributed by atoms with E-state index in [1.807, 2.05) is 36.5 Å². The van der Waals surface area contributed by atoms with Crippen LogP contribution < -0.4 is 4.74 Å². The molecule has 0 N–H and O–H groups in total. The van der Waals surface area contributed by atoms with Crippen LogP contribution in [0.5, 0.6) is 5.75 Å². The van der Waals surface area contributed by atoms with E-state index in [1.165, 1.54) is 0 Å². The summed E-state index contributed by atoms with van der Waals surface area (Å²) in [6.07, 6.45) is 3.57. The van der Waals surface area contributed by atoms with Gasteiger partial charge >= 0.3 is 0 Å². The third kappa shape index (κ3) is 1.89. The lowest BCUT2D eigenvalue weighted by atomic mass is 10.1. The molecule has 0 unspecified atom stereocenters. The maximum atomic E-state index is 8.56. The van der Waals surface area contributed by atoms with E-state index in [9.17, 15) is 0 Å². The Bertz CT molecular complexity index is 525. The van der Waals surface area contributed by atoms with Crippen LogP contribution in [0.15, 0.2) is 36.7 Å². The predicted molar refractivity (Wildman–Crippen MR) is 59.8 cm³/mol. The van der Waals surface area contributed by atoms with Crippen molar-refractivity contribution >= 4 is 0 Å². The Balaban J connectivity index is 2.39. The Hall–Kier alpha value is -2.28. The van der Waals surface area contributed by atoms with E-state index in [1.54, 1.807) is 18.0 Å². The molecule has 2 aromatic rings. The third-order valence-corrected chi connectivity index (χ3v) is 2.28. The average molecular weight is 213 g/mol. The monoisotopic (exact) mass is 213 g/mol. The Morgan fingerprint density at radius 1 is 1.44 bits per heavy atom. The predicted octanol–water partition coefficient (Wildman–Crippen LogP) is 2.08. The molecule has 0 bridgehead atoms. The minimum atomic E-state index is 0.259. The lowest BCUT2D eigenvalue weighted by Crippen LogP contribution is -1.94. The lowest BCUT2D eigenvalue weighted by Gasteiger charge is -2.05. The molecule has 0 atom stereocenters. The number of methoxy groups -OCH3 is 1. The van der Waals surface area contributed by atoms with Gasteiger partial charge in [0.2, 0.25) is 0 Å². The molecule has 80 valence electrons. The fraction of sp³-hybridized carbons (Fsp3) is 0.167. The highest BCUT2D eigenvalue weighted by Crippen LogP contribution is 2.28. The highest BCUT2D eigenvalue weighted by molar-refractivity contribution is 5.69. The second-order valence-corrected chi connectivity index (χ2v) is 3.28. The molecule has 0 fully saturated rings. The van der Waals surface area contributed by atoms with Crippen LogP contribution in [0.2, 0.25) is 0 Å². The summed E-state index contributed by atoms with van der Waals surface area (Å²) in [7, 11) is 1.64. The highest BCUT2D eigenvalue weighted by atomic mass is 16.5. The molecule has 1 aromatic carbocycles. The van der Waals surface area contributed by atoms with E-state index in [0.29, 0.717) is 0 Å². The molecule has 16 heavy (non-hydrogen) atoms. The van der Waals surface area contributed by atoms with Gasteiger partial charge in [0.15, 0.2) is 0 Å². The number of hydrogen-bond donors (Lipinski definition) is 0. The van der Waals surface area contributed by atoms with Gasteiger partial charge in [-0.3, -0.25) is 4.68 Å². The van der Waals surface area contributed by atoms with Crippen LogP contribution in [0.4, 0.5) is 0 Å². The van der Waals surface area contributed by atoms with Crippen LogP contribution in [0, 0.1) is 11.3 Å². The van der Waals surface area contributed by atoms with Gasteiger partial charge in [0.05, 0.1) is 19.4 Å². The zero-order chi connectivity index (χ0) is 11.4. The number of aromatic nitrogens is 2. The molecular weight excluding hydrogens is 202 g/mol. The minimum absolute atomic E-state index is 0.259. The summed E-state index contributed by atoms with van der Waals surface area (Å²) < 4.78 is 6.87. The van der Waals surface area contributed by atoms with Gasteiger partial charge in [0.1, 0.15) is 12.3 Å². The Kier molecular flexibility index (Phi) is 2.88. The van der Waals surface area contributed by atoms with Crippen molar-refractivity contribution in [3.63, 3.8) is 0 Å². The molecular formula is C12H11N3O. The van der Waals surface area contributed by atoms with E-state index in [0.717, 1.165) is 16.9 Å². The Morgan fingerprint density at radius 2 is 2.25 bits per heavy atom. The number of ether oxygens (including phenoxy) is 1. The van der Waals surface area contributed by atoms with Crippen molar-refractivity contribution < 1.29 is 4.74 Å². The largest absolute Gasteiger partial charge is 0.496 e. The summed E-state index contributed by atoms with van der Waals surface area (Å²) in [6.45, 7) is 0.259. The summed E-state index contributed by atoms with van der Waals surface area (Å²) in [6, 6.07) is 9.77. The van der Waals surface area contributed by atoms with Gasteiger partial charge in [-0.15, -0.1) is 0 Å². The molecule has 0 saturated heterocycles. The second kappa shape index (κ2) is 4.49. The van der Waals surface area contributed by atoms with Crippen LogP contribution in [-0.4, -0.2) is 16.9 Å². The number of rotatable bonds is 3. The summed E-state index contributed by atoms with van der Waals surface area (Å²) in [5.41, 5.74) is 1.93. The van der Waals surface area contributed by atoms with E-state index in [2.05, 4.69) is 5.10 Å². The molecule has 4 heteroatoms. The van der Waals surface area contributed by atoms with Crippen molar-refractivity contribution in [2.75, 3.05) is 7.11 Å². The van der Waals surface area contributed by atoms with Crippen molar-refractivity contribution in [1.82, 2.24) is 9.78 Å². The van der Waals surface area contributed by atoms with Crippen molar-refractivity contribution in [3.8, 4) is 22.9 Å². The first-order valence-electron chi connectivity index (χ1n) is 4.88. The zero-order valence-corrected chi connectivity index (χ0v) is 8.92. The van der Waals surface area contributed by atoms with Gasteiger partial charge < -0.3 is 4.74 Å². The standard InChI is InChI=1S/C12H11N3O/c1-16-12-5-3-2-4-11(12)10-8-14-15(9-10)7-6-13/h2-5,8-9H,7H2,1H3. The second-order valence-electron chi connectivity index (χ2n) is 3.28. The van der Waals surface area contributed by atoms with Crippen LogP contribution >= 0.6 is 0 Å². The summed E-state index contributed by atoms with van der Waals surface area (Å²) >= 11 is 0. The number of nitriles is 1. The maximum absolute atomic E-state index is 8.56. The molecule has 1 heterocycles. The van der Waals surface area contributed by atoms with E-state index < -0.39 is 0 Å². The van der Waals surface area contributed by atoms with Crippen molar-refractivity contribution in [1.29, 1.82) is 5.26 Å². The Morgan fingerprint density at radius 3 is 3.00 bits per heavy atom. The Labute approximate surface area is 93.7 Å². The van der Waals surface area contributed by atoms with E-state index in [4.69, 9.17) is 10.00 Å². The molecule has 0 saturated carbocycles. The van der Waals surface area contributed by atoms with Gasteiger partial charge in [-0.05, 0) is 6.07 Å². The highest BCUT2D eigenvalue weighted by Gasteiger charge is 2.06. The molecule has 1 aromatic heterocycles. The average Bonchev–Trinajstić information content (AvgIpc) is 2.78. The van der Waals surface area contributed by atoms with E-state index >= 15 is 0 Å². The van der Waals surface area contributed by atoms with Gasteiger partial charge in [-0.1, -0.05) is 18.2 Å². The zero-order valence-electron chi connectivity index (χ0n) is 8.92. The summed E-state index contributed by atoms with van der Waals surface area (Å²) in [5.74, 6) is 0.805. The third-order valence-electron chi connectivity index (χ3n) is 2.28. The minimum Gasteiger partial charge on any atom is -0.496 e. The van der Waals surface area contributed by atoms with Gasteiger partial charge in [-0.2, -0.15) is 10.4 Å². The first-order chi connectivity index (χ1) is 7.85. The number of para-hydroxylation sites is 1. The topological polar surface area (TPSA) is 50.8 Å². The van der Waals surface area contributed by atoms with Gasteiger partial charge in [-0.25, -0.2) is 0 Å². The molecule has 0 radical (unpaired) electrons. The van der Waals surface area contributed by atoms with Crippen molar-refractivity contribution in [2.24, 2.45) is 0 Å². The van der Waals surface area contributed by atoms with Crippen LogP contribution in [-0.2, 0) is 6.54 Å². The van der Waals surface area contributed by atoms with Gasteiger partial charge in [0.25, 0.3) is 0 Å². The van der Waals surface area contributed by atoms with Crippen molar-refractivity contribution in [3.05, 3.63) is 36.7 Å². The number of benzene rings is 1.